The average Bonchev–Trinajstić information content (AvgIpc) is 3.75. The van der Waals surface area contributed by atoms with Crippen molar-refractivity contribution in [3.63, 3.8) is 0 Å². The fourth-order valence-electron chi connectivity index (χ4n) is 8.64. The van der Waals surface area contributed by atoms with Gasteiger partial charge in [0.25, 0.3) is 0 Å². The molecule has 0 N–H and O–H groups in total. The van der Waals surface area contributed by atoms with Crippen LogP contribution < -0.4 is 4.74 Å². The Balaban J connectivity index is 1.15. The van der Waals surface area contributed by atoms with E-state index < -0.39 is 5.41 Å². The number of nitrogens with zero attached hydrogens (tertiary/aromatic N) is 1. The largest absolute Gasteiger partial charge is 0.457 e. The van der Waals surface area contributed by atoms with Gasteiger partial charge in [0, 0.05) is 16.7 Å². The molecule has 1 aliphatic heterocycles. The first kappa shape index (κ1) is 28.5. The van der Waals surface area contributed by atoms with Crippen molar-refractivity contribution in [1.29, 1.82) is 0 Å². The second kappa shape index (κ2) is 10.9. The molecule has 2 nitrogen and oxygen atoms in total. The van der Waals surface area contributed by atoms with E-state index in [1.54, 1.807) is 11.3 Å². The molecule has 0 saturated heterocycles. The van der Waals surface area contributed by atoms with Crippen LogP contribution in [0.3, 0.4) is 0 Å². The van der Waals surface area contributed by atoms with Gasteiger partial charge in [0.2, 0.25) is 0 Å². The van der Waals surface area contributed by atoms with Crippen molar-refractivity contribution in [2.24, 2.45) is 0 Å². The minimum absolute atomic E-state index is 0.509. The smallest absolute Gasteiger partial charge is 0.132 e. The highest BCUT2D eigenvalue weighted by Gasteiger charge is 2.51. The van der Waals surface area contributed by atoms with Gasteiger partial charge in [-0.05, 0) is 97.7 Å². The highest BCUT2D eigenvalue weighted by atomic mass is 32.1. The molecule has 9 aromatic rings. The van der Waals surface area contributed by atoms with E-state index in [-0.39, 0.29) is 0 Å². The summed E-state index contributed by atoms with van der Waals surface area (Å²) in [6.07, 6.45) is 0. The summed E-state index contributed by atoms with van der Waals surface area (Å²) in [6.45, 7) is 0. The number of hydrogen-bond acceptors (Lipinski definition) is 3. The maximum Gasteiger partial charge on any atom is 0.132 e. The molecular formula is C48H29NOS. The van der Waals surface area contributed by atoms with Gasteiger partial charge in [-0.3, -0.25) is 0 Å². The maximum absolute atomic E-state index is 6.58. The third-order valence-corrected chi connectivity index (χ3v) is 11.9. The Labute approximate surface area is 299 Å². The number of fused-ring (bicyclic) bond motifs is 11. The third kappa shape index (κ3) is 4.07. The zero-order chi connectivity index (χ0) is 33.5. The molecule has 0 saturated carbocycles. The molecule has 1 spiro atoms. The maximum atomic E-state index is 6.58. The summed E-state index contributed by atoms with van der Waals surface area (Å²) >= 11 is 1.76. The highest BCUT2D eigenvalue weighted by Crippen LogP contribution is 2.62. The number of para-hydroxylation sites is 3. The summed E-state index contributed by atoms with van der Waals surface area (Å²) in [7, 11) is 0. The monoisotopic (exact) mass is 667 g/mol. The minimum atomic E-state index is -0.509. The van der Waals surface area contributed by atoms with Gasteiger partial charge < -0.3 is 4.74 Å². The molecule has 3 heteroatoms. The van der Waals surface area contributed by atoms with E-state index >= 15 is 0 Å². The molecule has 2 heterocycles. The summed E-state index contributed by atoms with van der Waals surface area (Å²) in [5.74, 6) is 1.81. The Morgan fingerprint density at radius 1 is 0.431 bits per heavy atom. The van der Waals surface area contributed by atoms with Gasteiger partial charge in [-0.2, -0.15) is 0 Å². The minimum Gasteiger partial charge on any atom is -0.457 e. The molecule has 1 aromatic heterocycles. The molecule has 51 heavy (non-hydrogen) atoms. The van der Waals surface area contributed by atoms with Crippen molar-refractivity contribution in [1.82, 2.24) is 4.98 Å². The van der Waals surface area contributed by atoms with Crippen molar-refractivity contribution >= 4 is 32.3 Å². The lowest BCUT2D eigenvalue weighted by Crippen LogP contribution is -2.32. The van der Waals surface area contributed by atoms with Crippen molar-refractivity contribution < 1.29 is 4.74 Å². The Kier molecular flexibility index (Phi) is 6.07. The van der Waals surface area contributed by atoms with Crippen molar-refractivity contribution in [3.05, 3.63) is 198 Å². The molecule has 0 amide bonds. The summed E-state index contributed by atoms with van der Waals surface area (Å²) < 4.78 is 7.78. The first-order valence-corrected chi connectivity index (χ1v) is 18.2. The second-order valence-corrected chi connectivity index (χ2v) is 14.5. The van der Waals surface area contributed by atoms with Crippen molar-refractivity contribution in [2.45, 2.75) is 5.41 Å². The van der Waals surface area contributed by atoms with Crippen LogP contribution in [0, 0.1) is 0 Å². The number of hydrogen-bond donors (Lipinski definition) is 0. The van der Waals surface area contributed by atoms with Crippen LogP contribution in [0.4, 0.5) is 0 Å². The predicted octanol–water partition coefficient (Wildman–Crippen LogP) is 12.9. The first-order chi connectivity index (χ1) is 25.3. The number of benzene rings is 8. The summed E-state index contributed by atoms with van der Waals surface area (Å²) in [6, 6.07) is 63.7. The Bertz CT molecular complexity index is 2780. The molecule has 0 unspecified atom stereocenters. The predicted molar refractivity (Wildman–Crippen MR) is 211 cm³/mol. The van der Waals surface area contributed by atoms with Crippen LogP contribution in [0.15, 0.2) is 176 Å². The molecule has 0 atom stereocenters. The van der Waals surface area contributed by atoms with Gasteiger partial charge in [0.15, 0.2) is 0 Å². The molecule has 11 rings (SSSR count). The number of ether oxygens (including phenoxy) is 1. The average molecular weight is 668 g/mol. The molecule has 238 valence electrons. The van der Waals surface area contributed by atoms with Gasteiger partial charge in [0.05, 0.1) is 15.6 Å². The topological polar surface area (TPSA) is 22.1 Å². The van der Waals surface area contributed by atoms with Crippen LogP contribution in [0.2, 0.25) is 0 Å². The first-order valence-electron chi connectivity index (χ1n) is 17.4. The van der Waals surface area contributed by atoms with Gasteiger partial charge in [-0.1, -0.05) is 133 Å². The number of aromatic nitrogens is 1. The molecule has 2 aliphatic rings. The lowest BCUT2D eigenvalue weighted by Gasteiger charge is -2.39. The zero-order valence-corrected chi connectivity index (χ0v) is 28.3. The quantitative estimate of drug-likeness (QED) is 0.187. The van der Waals surface area contributed by atoms with Crippen LogP contribution in [0.1, 0.15) is 22.3 Å². The lowest BCUT2D eigenvalue weighted by atomic mass is 9.66. The van der Waals surface area contributed by atoms with Crippen LogP contribution in [0.25, 0.3) is 64.9 Å². The van der Waals surface area contributed by atoms with E-state index in [9.17, 15) is 0 Å². The molecular weight excluding hydrogens is 639 g/mol. The summed E-state index contributed by atoms with van der Waals surface area (Å²) in [5, 5.41) is 3.46. The summed E-state index contributed by atoms with van der Waals surface area (Å²) in [4.78, 5) is 5.10. The zero-order valence-electron chi connectivity index (χ0n) is 27.5. The van der Waals surface area contributed by atoms with Crippen LogP contribution in [-0.4, -0.2) is 4.98 Å². The van der Waals surface area contributed by atoms with Crippen molar-refractivity contribution in [2.75, 3.05) is 0 Å². The molecule has 8 aromatic carbocycles. The fourth-order valence-corrected chi connectivity index (χ4v) is 9.63. The van der Waals surface area contributed by atoms with E-state index in [2.05, 4.69) is 176 Å². The van der Waals surface area contributed by atoms with E-state index in [0.717, 1.165) is 27.6 Å². The Morgan fingerprint density at radius 2 is 1.04 bits per heavy atom. The SMILES string of the molecule is c1ccc2c(c1)Oc1ccccc1C21c2ccccc2-c2ccc(-c3ccccc3-c3cc(-c4nc5ccccc5s4)c4ccccc4c3)cc21. The second-order valence-electron chi connectivity index (χ2n) is 13.4. The normalized spacial score (nSPS) is 13.4. The van der Waals surface area contributed by atoms with Gasteiger partial charge >= 0.3 is 0 Å². The van der Waals surface area contributed by atoms with E-state index in [4.69, 9.17) is 9.72 Å². The molecule has 1 aliphatic carbocycles. The van der Waals surface area contributed by atoms with E-state index in [0.29, 0.717) is 0 Å². The Hall–Kier alpha value is -6.29. The van der Waals surface area contributed by atoms with Crippen LogP contribution in [-0.2, 0) is 5.41 Å². The standard InChI is InChI=1S/C48H29NOS/c1-2-15-34-30(13-1)27-32(28-38(34)47-49-43-21-9-12-24-46(43)51-47)35-16-4-3-14-33(35)31-25-26-37-36-17-5-6-18-39(36)48(42(37)29-31)40-19-7-10-22-44(40)50-45-23-11-8-20-41(45)48/h1-29H. The van der Waals surface area contributed by atoms with Crippen LogP contribution in [0.5, 0.6) is 11.5 Å². The van der Waals surface area contributed by atoms with E-state index in [1.165, 1.54) is 71.1 Å². The van der Waals surface area contributed by atoms with Gasteiger partial charge in [-0.25, -0.2) is 4.98 Å². The Morgan fingerprint density at radius 3 is 1.82 bits per heavy atom. The van der Waals surface area contributed by atoms with E-state index in [1.807, 2.05) is 0 Å². The lowest BCUT2D eigenvalue weighted by molar-refractivity contribution is 0.436. The molecule has 0 bridgehead atoms. The van der Waals surface area contributed by atoms with Gasteiger partial charge in [-0.15, -0.1) is 11.3 Å². The van der Waals surface area contributed by atoms with Crippen molar-refractivity contribution in [3.8, 4) is 55.5 Å². The molecule has 0 radical (unpaired) electrons. The number of thiazole rings is 1. The highest BCUT2D eigenvalue weighted by molar-refractivity contribution is 7.21. The fraction of sp³-hybridized carbons (Fsp3) is 0.0208. The summed E-state index contributed by atoms with van der Waals surface area (Å²) in [5.41, 5.74) is 13.9. The molecule has 0 fully saturated rings. The third-order valence-electron chi connectivity index (χ3n) is 10.8. The van der Waals surface area contributed by atoms with Gasteiger partial charge in [0.1, 0.15) is 16.5 Å². The van der Waals surface area contributed by atoms with Crippen LogP contribution >= 0.6 is 11.3 Å². The number of rotatable bonds is 3.